The van der Waals surface area contributed by atoms with Gasteiger partial charge in [-0.25, -0.2) is 4.79 Å². The van der Waals surface area contributed by atoms with E-state index in [0.717, 1.165) is 17.7 Å². The third-order valence-electron chi connectivity index (χ3n) is 4.63. The monoisotopic (exact) mass is 509 g/mol. The van der Waals surface area contributed by atoms with Crippen molar-refractivity contribution in [3.05, 3.63) is 65.7 Å². The first-order valence-corrected chi connectivity index (χ1v) is 11.2. The number of halogens is 3. The average molecular weight is 510 g/mol. The molecule has 8 nitrogen and oxygen atoms in total. The molecule has 0 radical (unpaired) electrons. The van der Waals surface area contributed by atoms with Gasteiger partial charge in [0.05, 0.1) is 0 Å². The van der Waals surface area contributed by atoms with Crippen molar-refractivity contribution in [2.45, 2.75) is 58.2 Å². The molecule has 0 aliphatic carbocycles. The van der Waals surface area contributed by atoms with E-state index in [0.29, 0.717) is 12.0 Å². The van der Waals surface area contributed by atoms with Crippen LogP contribution in [0.15, 0.2) is 54.6 Å². The van der Waals surface area contributed by atoms with Gasteiger partial charge in [-0.2, -0.15) is 0 Å². The summed E-state index contributed by atoms with van der Waals surface area (Å²) in [6.07, 6.45) is -4.77. The maximum absolute atomic E-state index is 12.8. The van der Waals surface area contributed by atoms with E-state index in [-0.39, 0.29) is 25.3 Å². The molecule has 11 heteroatoms. The van der Waals surface area contributed by atoms with E-state index < -0.39 is 35.9 Å². The van der Waals surface area contributed by atoms with Gasteiger partial charge in [-0.3, -0.25) is 9.59 Å². The maximum Gasteiger partial charge on any atom is 0.573 e. The molecule has 0 aliphatic heterocycles. The number of rotatable bonds is 10. The molecule has 0 saturated heterocycles. The summed E-state index contributed by atoms with van der Waals surface area (Å²) in [5.41, 5.74) is 0.782. The zero-order chi connectivity index (χ0) is 26.8. The number of hydrogen-bond acceptors (Lipinski definition) is 5. The van der Waals surface area contributed by atoms with Gasteiger partial charge in [-0.05, 0) is 56.9 Å². The molecule has 196 valence electrons. The Hall–Kier alpha value is -3.76. The molecule has 3 N–H and O–H groups in total. The van der Waals surface area contributed by atoms with Crippen molar-refractivity contribution in [3.63, 3.8) is 0 Å². The fourth-order valence-corrected chi connectivity index (χ4v) is 3.06. The molecule has 0 fully saturated rings. The molecule has 36 heavy (non-hydrogen) atoms. The molecule has 0 unspecified atom stereocenters. The Morgan fingerprint density at radius 3 is 2.11 bits per heavy atom. The summed E-state index contributed by atoms with van der Waals surface area (Å²) in [6.45, 7) is 4.71. The quantitative estimate of drug-likeness (QED) is 0.451. The summed E-state index contributed by atoms with van der Waals surface area (Å²) >= 11 is 0. The molecule has 1 atom stereocenters. The molecule has 2 aromatic carbocycles. The number of nitrogens with one attached hydrogen (secondary N) is 3. The summed E-state index contributed by atoms with van der Waals surface area (Å²) in [6, 6.07) is 13.5. The zero-order valence-electron chi connectivity index (χ0n) is 20.3. The van der Waals surface area contributed by atoms with Gasteiger partial charge in [0.25, 0.3) is 0 Å². The van der Waals surface area contributed by atoms with Gasteiger partial charge in [-0.1, -0.05) is 42.5 Å². The van der Waals surface area contributed by atoms with Gasteiger partial charge < -0.3 is 25.4 Å². The second-order valence-electron chi connectivity index (χ2n) is 8.91. The molecule has 3 amide bonds. The number of alkyl carbamates (subject to hydrolysis) is 1. The molecule has 2 aromatic rings. The number of aryl methyl sites for hydroxylation is 1. The van der Waals surface area contributed by atoms with Crippen molar-refractivity contribution >= 4 is 17.9 Å². The predicted molar refractivity (Wildman–Crippen MR) is 126 cm³/mol. The SMILES string of the molecule is CC(C)(C)OC(=O)NCC(=O)N[C@@H](CCc1ccccc1)C(=O)NCc1ccc(OC(F)(F)F)cc1. The van der Waals surface area contributed by atoms with Crippen LogP contribution in [0, 0.1) is 0 Å². The van der Waals surface area contributed by atoms with Gasteiger partial charge in [0.15, 0.2) is 0 Å². The van der Waals surface area contributed by atoms with Crippen molar-refractivity contribution in [3.8, 4) is 5.75 Å². The highest BCUT2D eigenvalue weighted by Crippen LogP contribution is 2.22. The van der Waals surface area contributed by atoms with Crippen molar-refractivity contribution in [2.75, 3.05) is 6.54 Å². The van der Waals surface area contributed by atoms with Crippen LogP contribution in [0.1, 0.15) is 38.3 Å². The van der Waals surface area contributed by atoms with E-state index in [4.69, 9.17) is 4.74 Å². The maximum atomic E-state index is 12.8. The van der Waals surface area contributed by atoms with Gasteiger partial charge in [0, 0.05) is 6.54 Å². The molecule has 0 aromatic heterocycles. The van der Waals surface area contributed by atoms with Crippen LogP contribution in [0.2, 0.25) is 0 Å². The van der Waals surface area contributed by atoms with Crippen LogP contribution < -0.4 is 20.7 Å². The van der Waals surface area contributed by atoms with Crippen LogP contribution in [-0.2, 0) is 27.3 Å². The largest absolute Gasteiger partial charge is 0.573 e. The van der Waals surface area contributed by atoms with Crippen molar-refractivity contribution in [1.82, 2.24) is 16.0 Å². The third-order valence-corrected chi connectivity index (χ3v) is 4.63. The molecule has 0 bridgehead atoms. The van der Waals surface area contributed by atoms with Gasteiger partial charge >= 0.3 is 12.5 Å². The second kappa shape index (κ2) is 12.8. The first-order valence-electron chi connectivity index (χ1n) is 11.2. The Morgan fingerprint density at radius 1 is 0.889 bits per heavy atom. The Morgan fingerprint density at radius 2 is 1.53 bits per heavy atom. The highest BCUT2D eigenvalue weighted by molar-refractivity contribution is 5.89. The lowest BCUT2D eigenvalue weighted by atomic mass is 10.0. The normalized spacial score (nSPS) is 12.3. The predicted octanol–water partition coefficient (Wildman–Crippen LogP) is 3.84. The highest BCUT2D eigenvalue weighted by Gasteiger charge is 2.31. The second-order valence-corrected chi connectivity index (χ2v) is 8.91. The standard InChI is InChI=1S/C25H30F3N3O5/c1-24(2,3)36-23(34)30-16-21(32)31-20(14-11-17-7-5-4-6-8-17)22(33)29-15-18-9-12-19(13-10-18)35-25(26,27)28/h4-10,12-13,20H,11,14-16H2,1-3H3,(H,29,33)(H,30,34)(H,31,32)/t20-/m0/s1. The van der Waals surface area contributed by atoms with Crippen LogP contribution in [0.3, 0.4) is 0 Å². The minimum absolute atomic E-state index is 0.0268. The van der Waals surface area contributed by atoms with Gasteiger partial charge in [0.2, 0.25) is 11.8 Å². The molecule has 2 rings (SSSR count). The van der Waals surface area contributed by atoms with Crippen LogP contribution in [-0.4, -0.2) is 42.5 Å². The number of hydrogen-bond donors (Lipinski definition) is 3. The number of ether oxygens (including phenoxy) is 2. The van der Waals surface area contributed by atoms with Gasteiger partial charge in [0.1, 0.15) is 23.9 Å². The van der Waals surface area contributed by atoms with Crippen molar-refractivity contribution in [1.29, 1.82) is 0 Å². The summed E-state index contributed by atoms with van der Waals surface area (Å²) < 4.78 is 45.9. The first kappa shape index (κ1) is 28.5. The molecule has 0 heterocycles. The summed E-state index contributed by atoms with van der Waals surface area (Å²) in [5.74, 6) is -1.43. The highest BCUT2D eigenvalue weighted by atomic mass is 19.4. The third kappa shape index (κ3) is 11.6. The Balaban J connectivity index is 1.96. The number of alkyl halides is 3. The first-order chi connectivity index (χ1) is 16.8. The summed E-state index contributed by atoms with van der Waals surface area (Å²) in [7, 11) is 0. The lowest BCUT2D eigenvalue weighted by Gasteiger charge is -2.21. The number of carbonyl (C=O) groups excluding carboxylic acids is 3. The minimum Gasteiger partial charge on any atom is -0.444 e. The van der Waals surface area contributed by atoms with E-state index in [9.17, 15) is 27.6 Å². The van der Waals surface area contributed by atoms with Crippen LogP contribution in [0.4, 0.5) is 18.0 Å². The van der Waals surface area contributed by atoms with E-state index in [1.165, 1.54) is 12.1 Å². The number of amides is 3. The molecule has 0 spiro atoms. The van der Waals surface area contributed by atoms with Crippen molar-refractivity contribution < 1.29 is 37.0 Å². The Bertz CT molecular complexity index is 1010. The van der Waals surface area contributed by atoms with Crippen molar-refractivity contribution in [2.24, 2.45) is 0 Å². The van der Waals surface area contributed by atoms with Crippen LogP contribution in [0.5, 0.6) is 5.75 Å². The Labute approximate surface area is 207 Å². The molecule has 0 aliphatic rings. The molecular weight excluding hydrogens is 479 g/mol. The van der Waals surface area contributed by atoms with Gasteiger partial charge in [-0.15, -0.1) is 13.2 Å². The van der Waals surface area contributed by atoms with Crippen LogP contribution >= 0.6 is 0 Å². The van der Waals surface area contributed by atoms with E-state index >= 15 is 0 Å². The lowest BCUT2D eigenvalue weighted by Crippen LogP contribution is -2.49. The lowest BCUT2D eigenvalue weighted by molar-refractivity contribution is -0.274. The van der Waals surface area contributed by atoms with E-state index in [2.05, 4.69) is 20.7 Å². The number of benzene rings is 2. The smallest absolute Gasteiger partial charge is 0.444 e. The van der Waals surface area contributed by atoms with E-state index in [1.54, 1.807) is 20.8 Å². The average Bonchev–Trinajstić information content (AvgIpc) is 2.78. The molecular formula is C25H30F3N3O5. The zero-order valence-corrected chi connectivity index (χ0v) is 20.3. The summed E-state index contributed by atoms with van der Waals surface area (Å²) in [5, 5.41) is 7.63. The topological polar surface area (TPSA) is 106 Å². The minimum atomic E-state index is -4.79. The fraction of sp³-hybridized carbons (Fsp3) is 0.400. The van der Waals surface area contributed by atoms with Crippen LogP contribution in [0.25, 0.3) is 0 Å². The number of carbonyl (C=O) groups is 3. The summed E-state index contributed by atoms with van der Waals surface area (Å²) in [4.78, 5) is 37.0. The molecule has 0 saturated carbocycles. The van der Waals surface area contributed by atoms with E-state index in [1.807, 2.05) is 30.3 Å². The Kier molecular flexibility index (Phi) is 10.1. The fourth-order valence-electron chi connectivity index (χ4n) is 3.06.